The highest BCUT2D eigenvalue weighted by Crippen LogP contribution is 2.23. The van der Waals surface area contributed by atoms with Crippen molar-refractivity contribution >= 4 is 28.9 Å². The molecular weight excluding hydrogens is 278 g/mol. The van der Waals surface area contributed by atoms with Crippen LogP contribution in [0, 0.1) is 0 Å². The minimum Gasteiger partial charge on any atom is -0.361 e. The number of nitrogens with zero attached hydrogens (tertiary/aromatic N) is 2. The number of H-pyrrole nitrogens is 1. The molecule has 0 bridgehead atoms. The van der Waals surface area contributed by atoms with Crippen molar-refractivity contribution in [1.29, 1.82) is 0 Å². The van der Waals surface area contributed by atoms with Crippen LogP contribution in [0.4, 0.5) is 0 Å². The summed E-state index contributed by atoms with van der Waals surface area (Å²) in [6, 6.07) is 14.5. The van der Waals surface area contributed by atoms with Crippen LogP contribution in [0.25, 0.3) is 10.9 Å². The molecule has 0 radical (unpaired) electrons. The monoisotopic (exact) mass is 289 g/mol. The van der Waals surface area contributed by atoms with Gasteiger partial charge in [-0.3, -0.25) is 9.59 Å². The Morgan fingerprint density at radius 2 is 1.55 bits per heavy atom. The number of nitrogens with one attached hydrogen (secondary N) is 1. The van der Waals surface area contributed by atoms with Crippen LogP contribution in [0.15, 0.2) is 59.8 Å². The number of para-hydroxylation sites is 1. The lowest BCUT2D eigenvalue weighted by atomic mass is 10.1. The minimum absolute atomic E-state index is 0.392. The van der Waals surface area contributed by atoms with Crippen LogP contribution < -0.4 is 0 Å². The van der Waals surface area contributed by atoms with Gasteiger partial charge in [-0.25, -0.2) is 0 Å². The molecule has 2 amide bonds. The first-order valence-corrected chi connectivity index (χ1v) is 6.83. The fourth-order valence-electron chi connectivity index (χ4n) is 2.60. The van der Waals surface area contributed by atoms with Gasteiger partial charge in [0.2, 0.25) is 0 Å². The number of aromatic amines is 1. The van der Waals surface area contributed by atoms with Crippen molar-refractivity contribution < 1.29 is 9.59 Å². The molecule has 0 atom stereocenters. The smallest absolute Gasteiger partial charge is 0.282 e. The highest BCUT2D eigenvalue weighted by Gasteiger charge is 2.35. The first-order chi connectivity index (χ1) is 10.8. The predicted octanol–water partition coefficient (Wildman–Crippen LogP) is 2.80. The summed E-state index contributed by atoms with van der Waals surface area (Å²) >= 11 is 0. The topological polar surface area (TPSA) is 65.5 Å². The highest BCUT2D eigenvalue weighted by molar-refractivity contribution is 6.21. The number of carbonyl (C=O) groups excluding carboxylic acids is 2. The maximum atomic E-state index is 12.2. The Morgan fingerprint density at radius 1 is 0.909 bits per heavy atom. The Morgan fingerprint density at radius 3 is 2.27 bits per heavy atom. The Hall–Kier alpha value is -3.21. The number of hydrazone groups is 1. The van der Waals surface area contributed by atoms with Gasteiger partial charge >= 0.3 is 0 Å². The lowest BCUT2D eigenvalue weighted by Gasteiger charge is -2.04. The number of carbonyl (C=O) groups is 2. The van der Waals surface area contributed by atoms with E-state index in [0.29, 0.717) is 11.1 Å². The largest absolute Gasteiger partial charge is 0.361 e. The van der Waals surface area contributed by atoms with E-state index in [1.807, 2.05) is 24.3 Å². The van der Waals surface area contributed by atoms with Crippen LogP contribution in [-0.4, -0.2) is 28.0 Å². The molecule has 1 aromatic heterocycles. The number of hydrogen-bond acceptors (Lipinski definition) is 3. The van der Waals surface area contributed by atoms with Gasteiger partial charge in [-0.05, 0) is 18.2 Å². The van der Waals surface area contributed by atoms with Crippen molar-refractivity contribution in [2.24, 2.45) is 5.10 Å². The van der Waals surface area contributed by atoms with Gasteiger partial charge in [0, 0.05) is 22.7 Å². The van der Waals surface area contributed by atoms with Crippen molar-refractivity contribution in [2.45, 2.75) is 0 Å². The molecule has 1 N–H and O–H groups in total. The zero-order chi connectivity index (χ0) is 15.1. The summed E-state index contributed by atoms with van der Waals surface area (Å²) in [6.45, 7) is 0. The van der Waals surface area contributed by atoms with Crippen LogP contribution >= 0.6 is 0 Å². The Balaban J connectivity index is 1.70. The molecule has 1 aliphatic heterocycles. The number of amides is 2. The molecule has 0 spiro atoms. The van der Waals surface area contributed by atoms with Crippen LogP contribution in [0.1, 0.15) is 26.3 Å². The third-order valence-corrected chi connectivity index (χ3v) is 3.71. The van der Waals surface area contributed by atoms with Gasteiger partial charge in [0.05, 0.1) is 17.3 Å². The molecule has 0 unspecified atom stereocenters. The lowest BCUT2D eigenvalue weighted by molar-refractivity contribution is 0.0660. The molecule has 2 aromatic carbocycles. The van der Waals surface area contributed by atoms with Crippen molar-refractivity contribution in [3.63, 3.8) is 0 Å². The first kappa shape index (κ1) is 12.5. The van der Waals surface area contributed by atoms with Crippen LogP contribution in [-0.2, 0) is 0 Å². The number of aromatic nitrogens is 1. The molecule has 2 heterocycles. The minimum atomic E-state index is -0.392. The third-order valence-electron chi connectivity index (χ3n) is 3.71. The fraction of sp³-hybridized carbons (Fsp3) is 0. The Bertz CT molecular complexity index is 905. The predicted molar refractivity (Wildman–Crippen MR) is 82.8 cm³/mol. The van der Waals surface area contributed by atoms with Gasteiger partial charge in [0.1, 0.15) is 0 Å². The molecule has 5 heteroatoms. The maximum absolute atomic E-state index is 12.2. The highest BCUT2D eigenvalue weighted by atomic mass is 16.2. The van der Waals surface area contributed by atoms with E-state index >= 15 is 0 Å². The average Bonchev–Trinajstić information content (AvgIpc) is 3.07. The summed E-state index contributed by atoms with van der Waals surface area (Å²) in [5.41, 5.74) is 2.59. The van der Waals surface area contributed by atoms with E-state index in [4.69, 9.17) is 0 Å². The van der Waals surface area contributed by atoms with E-state index in [-0.39, 0.29) is 0 Å². The molecule has 3 aromatic rings. The van der Waals surface area contributed by atoms with E-state index in [9.17, 15) is 9.59 Å². The molecule has 0 saturated heterocycles. The SMILES string of the molecule is O=C1c2ccccc2C(=O)N1/N=C\c1c[nH]c2ccccc12. The number of rotatable bonds is 2. The summed E-state index contributed by atoms with van der Waals surface area (Å²) in [7, 11) is 0. The summed E-state index contributed by atoms with van der Waals surface area (Å²) < 4.78 is 0. The molecule has 4 rings (SSSR count). The zero-order valence-corrected chi connectivity index (χ0v) is 11.5. The van der Waals surface area contributed by atoms with Gasteiger partial charge in [0.25, 0.3) is 11.8 Å². The molecule has 5 nitrogen and oxygen atoms in total. The molecule has 0 aliphatic carbocycles. The summed E-state index contributed by atoms with van der Waals surface area (Å²) in [4.78, 5) is 27.6. The van der Waals surface area contributed by atoms with Gasteiger partial charge < -0.3 is 4.98 Å². The van der Waals surface area contributed by atoms with E-state index in [0.717, 1.165) is 21.5 Å². The van der Waals surface area contributed by atoms with E-state index in [1.165, 1.54) is 6.21 Å². The second kappa shape index (κ2) is 4.66. The fourth-order valence-corrected chi connectivity index (χ4v) is 2.60. The van der Waals surface area contributed by atoms with Gasteiger partial charge in [-0.2, -0.15) is 10.1 Å². The van der Waals surface area contributed by atoms with Gasteiger partial charge in [0.15, 0.2) is 0 Å². The molecule has 22 heavy (non-hydrogen) atoms. The number of hydrogen-bond donors (Lipinski definition) is 1. The van der Waals surface area contributed by atoms with E-state index < -0.39 is 11.8 Å². The van der Waals surface area contributed by atoms with E-state index in [1.54, 1.807) is 30.5 Å². The van der Waals surface area contributed by atoms with Gasteiger partial charge in [-0.1, -0.05) is 30.3 Å². The molecule has 106 valence electrons. The quantitative estimate of drug-likeness (QED) is 0.582. The van der Waals surface area contributed by atoms with Crippen molar-refractivity contribution in [2.75, 3.05) is 0 Å². The van der Waals surface area contributed by atoms with Gasteiger partial charge in [-0.15, -0.1) is 0 Å². The molecule has 0 saturated carbocycles. The molecular formula is C17H11N3O2. The van der Waals surface area contributed by atoms with Crippen LogP contribution in [0.5, 0.6) is 0 Å². The standard InChI is InChI=1S/C17H11N3O2/c21-16-13-6-1-2-7-14(13)17(22)20(16)19-10-11-9-18-15-8-4-3-5-12(11)15/h1-10,18H/b19-10-. The summed E-state index contributed by atoms with van der Waals surface area (Å²) in [5, 5.41) is 5.98. The summed E-state index contributed by atoms with van der Waals surface area (Å²) in [6.07, 6.45) is 3.33. The summed E-state index contributed by atoms with van der Waals surface area (Å²) in [5.74, 6) is -0.784. The second-order valence-corrected chi connectivity index (χ2v) is 5.00. The van der Waals surface area contributed by atoms with Crippen molar-refractivity contribution in [3.05, 3.63) is 71.4 Å². The number of imide groups is 1. The second-order valence-electron chi connectivity index (χ2n) is 5.00. The number of fused-ring (bicyclic) bond motifs is 2. The third kappa shape index (κ3) is 1.76. The Kier molecular flexibility index (Phi) is 2.66. The van der Waals surface area contributed by atoms with Crippen molar-refractivity contribution in [3.8, 4) is 0 Å². The zero-order valence-electron chi connectivity index (χ0n) is 11.5. The van der Waals surface area contributed by atoms with Crippen LogP contribution in [0.3, 0.4) is 0 Å². The van der Waals surface area contributed by atoms with Crippen molar-refractivity contribution in [1.82, 2.24) is 9.99 Å². The normalized spacial score (nSPS) is 14.3. The first-order valence-electron chi connectivity index (χ1n) is 6.83. The average molecular weight is 289 g/mol. The lowest BCUT2D eigenvalue weighted by Crippen LogP contribution is -2.23. The number of benzene rings is 2. The maximum Gasteiger partial charge on any atom is 0.282 e. The Labute approximate surface area is 125 Å². The van der Waals surface area contributed by atoms with E-state index in [2.05, 4.69) is 10.1 Å². The molecule has 1 aliphatic rings. The molecule has 0 fully saturated rings. The van der Waals surface area contributed by atoms with Crippen LogP contribution in [0.2, 0.25) is 0 Å².